The molecule has 1 rings (SSSR count). The van der Waals surface area contributed by atoms with Crippen LogP contribution in [0.4, 0.5) is 0 Å². The van der Waals surface area contributed by atoms with Crippen LogP contribution in [0, 0.1) is 0 Å². The van der Waals surface area contributed by atoms with Crippen LogP contribution in [-0.4, -0.2) is 18.7 Å². The first-order valence-corrected chi connectivity index (χ1v) is 10.2. The summed E-state index contributed by atoms with van der Waals surface area (Å²) in [5.74, 6) is 0.409. The molecule has 1 aromatic rings. The zero-order valence-corrected chi connectivity index (χ0v) is 10.5. The average molecular weight is 241 g/mol. The Morgan fingerprint density at radius 2 is 1.85 bits per heavy atom. The molecule has 0 heterocycles. The van der Waals surface area contributed by atoms with Crippen LogP contribution >= 0.6 is 0 Å². The first-order valence-electron chi connectivity index (χ1n) is 4.76. The number of phenolic OH excluding ortho intramolecular Hbond substituents is 1. The number of hydrogen-bond acceptors (Lipinski definition) is 1. The third-order valence-corrected chi connectivity index (χ3v) is 11.9. The second-order valence-electron chi connectivity index (χ2n) is 3.55. The van der Waals surface area contributed by atoms with Crippen molar-refractivity contribution in [2.75, 3.05) is 0 Å². The van der Waals surface area contributed by atoms with E-state index in [0.29, 0.717) is 5.75 Å². The monoisotopic (exact) mass is 241 g/mol. The maximum atomic E-state index is 9.39. The van der Waals surface area contributed by atoms with E-state index >= 15 is 0 Å². The molecule has 13 heavy (non-hydrogen) atoms. The standard InChI is InChI=1S/C11H17AsO/c1-4-12(3,5-2)10-7-6-8-11(13)9-10/h6-9H,4-5H2,1-3H3/p+1. The summed E-state index contributed by atoms with van der Waals surface area (Å²) in [7, 11) is 0. The SMILES string of the molecule is CC[As+](C)(CC)c1cccc(O)c1. The van der Waals surface area contributed by atoms with Gasteiger partial charge >= 0.3 is 83.0 Å². The van der Waals surface area contributed by atoms with Crippen molar-refractivity contribution < 1.29 is 5.11 Å². The summed E-state index contributed by atoms with van der Waals surface area (Å²) in [4.78, 5) is 0. The van der Waals surface area contributed by atoms with E-state index in [2.05, 4.69) is 25.6 Å². The van der Waals surface area contributed by atoms with E-state index in [1.165, 1.54) is 14.8 Å². The zero-order valence-electron chi connectivity index (χ0n) is 8.62. The first-order chi connectivity index (χ1) is 6.12. The number of hydrogen-bond donors (Lipinski definition) is 1. The molecule has 0 aliphatic rings. The number of aromatic hydroxyl groups is 1. The van der Waals surface area contributed by atoms with Crippen molar-refractivity contribution in [1.29, 1.82) is 0 Å². The van der Waals surface area contributed by atoms with Gasteiger partial charge in [0.05, 0.1) is 0 Å². The molecular formula is C11H18AsO+. The molecule has 1 aromatic carbocycles. The van der Waals surface area contributed by atoms with E-state index in [1.807, 2.05) is 12.1 Å². The Hall–Kier alpha value is -0.422. The fraction of sp³-hybridized carbons (Fsp3) is 0.455. The topological polar surface area (TPSA) is 20.2 Å². The quantitative estimate of drug-likeness (QED) is 0.807. The van der Waals surface area contributed by atoms with E-state index < -0.39 is 13.6 Å². The van der Waals surface area contributed by atoms with E-state index in [4.69, 9.17) is 0 Å². The fourth-order valence-corrected chi connectivity index (χ4v) is 5.76. The van der Waals surface area contributed by atoms with Crippen LogP contribution in [0.5, 0.6) is 5.75 Å². The van der Waals surface area contributed by atoms with Crippen LogP contribution in [0.1, 0.15) is 13.8 Å². The van der Waals surface area contributed by atoms with Crippen LogP contribution in [0.25, 0.3) is 0 Å². The van der Waals surface area contributed by atoms with Gasteiger partial charge < -0.3 is 0 Å². The summed E-state index contributed by atoms with van der Waals surface area (Å²) in [5.41, 5.74) is 2.41. The predicted octanol–water partition coefficient (Wildman–Crippen LogP) is 2.72. The molecule has 0 bridgehead atoms. The first kappa shape index (κ1) is 10.7. The molecule has 0 saturated heterocycles. The van der Waals surface area contributed by atoms with Crippen molar-refractivity contribution in [3.63, 3.8) is 0 Å². The van der Waals surface area contributed by atoms with Gasteiger partial charge in [-0.3, -0.25) is 0 Å². The third-order valence-electron chi connectivity index (χ3n) is 2.85. The maximum absolute atomic E-state index is 9.39. The summed E-state index contributed by atoms with van der Waals surface area (Å²) in [6.45, 7) is 4.53. The molecule has 0 unspecified atom stereocenters. The Labute approximate surface area is 83.2 Å². The second-order valence-corrected chi connectivity index (χ2v) is 13.1. The van der Waals surface area contributed by atoms with Gasteiger partial charge in [-0.1, -0.05) is 0 Å². The number of phenols is 1. The van der Waals surface area contributed by atoms with Gasteiger partial charge in [0.1, 0.15) is 0 Å². The molecule has 0 spiro atoms. The van der Waals surface area contributed by atoms with Gasteiger partial charge in [-0.15, -0.1) is 0 Å². The van der Waals surface area contributed by atoms with Gasteiger partial charge in [-0.2, -0.15) is 0 Å². The molecule has 0 amide bonds. The van der Waals surface area contributed by atoms with Crippen molar-refractivity contribution >= 4 is 17.9 Å². The Balaban J connectivity index is 3.05. The normalized spacial score (nSPS) is 11.6. The van der Waals surface area contributed by atoms with Crippen molar-refractivity contribution in [3.8, 4) is 5.75 Å². The molecule has 0 saturated carbocycles. The predicted molar refractivity (Wildman–Crippen MR) is 60.3 cm³/mol. The molecule has 0 aliphatic carbocycles. The molecule has 0 aliphatic heterocycles. The molecule has 2 heteroatoms. The van der Waals surface area contributed by atoms with Crippen LogP contribution in [-0.2, 0) is 0 Å². The van der Waals surface area contributed by atoms with Gasteiger partial charge in [0.2, 0.25) is 0 Å². The Morgan fingerprint density at radius 3 is 2.31 bits per heavy atom. The number of benzene rings is 1. The van der Waals surface area contributed by atoms with Gasteiger partial charge in [-0.25, -0.2) is 0 Å². The third kappa shape index (κ3) is 2.28. The van der Waals surface area contributed by atoms with Crippen LogP contribution in [0.15, 0.2) is 24.3 Å². The van der Waals surface area contributed by atoms with Gasteiger partial charge in [0, 0.05) is 0 Å². The molecule has 1 N–H and O–H groups in total. The number of rotatable bonds is 3. The summed E-state index contributed by atoms with van der Waals surface area (Å²) >= 11 is -1.61. The molecular weight excluding hydrogens is 223 g/mol. The zero-order chi connectivity index (χ0) is 9.90. The van der Waals surface area contributed by atoms with Crippen molar-refractivity contribution in [3.05, 3.63) is 24.3 Å². The molecule has 0 atom stereocenters. The minimum atomic E-state index is -1.61. The van der Waals surface area contributed by atoms with Crippen molar-refractivity contribution in [2.24, 2.45) is 0 Å². The summed E-state index contributed by atoms with van der Waals surface area (Å²) in [6, 6.07) is 7.81. The Kier molecular flexibility index (Phi) is 3.44. The van der Waals surface area contributed by atoms with E-state index in [-0.39, 0.29) is 0 Å². The minimum absolute atomic E-state index is 0.409. The summed E-state index contributed by atoms with van der Waals surface area (Å²) in [6.07, 6.45) is 0. The Bertz CT molecular complexity index is 279. The molecule has 1 nitrogen and oxygen atoms in total. The second kappa shape index (κ2) is 4.19. The Morgan fingerprint density at radius 1 is 1.23 bits per heavy atom. The van der Waals surface area contributed by atoms with E-state index in [0.717, 1.165) is 0 Å². The molecule has 0 radical (unpaired) electrons. The average Bonchev–Trinajstić information content (AvgIpc) is 2.17. The van der Waals surface area contributed by atoms with Crippen molar-refractivity contribution in [2.45, 2.75) is 30.0 Å². The summed E-state index contributed by atoms with van der Waals surface area (Å²) in [5, 5.41) is 11.9. The summed E-state index contributed by atoms with van der Waals surface area (Å²) < 4.78 is 1.41. The van der Waals surface area contributed by atoms with Gasteiger partial charge in [-0.05, 0) is 0 Å². The molecule has 0 fully saturated rings. The van der Waals surface area contributed by atoms with Crippen LogP contribution in [0.2, 0.25) is 16.1 Å². The van der Waals surface area contributed by atoms with Gasteiger partial charge in [0.25, 0.3) is 0 Å². The molecule has 72 valence electrons. The van der Waals surface area contributed by atoms with E-state index in [9.17, 15) is 5.11 Å². The molecule has 0 aromatic heterocycles. The fourth-order valence-electron chi connectivity index (χ4n) is 1.42. The van der Waals surface area contributed by atoms with Crippen LogP contribution < -0.4 is 4.35 Å². The van der Waals surface area contributed by atoms with E-state index in [1.54, 1.807) is 6.07 Å². The van der Waals surface area contributed by atoms with Crippen LogP contribution in [0.3, 0.4) is 0 Å². The van der Waals surface area contributed by atoms with Gasteiger partial charge in [0.15, 0.2) is 0 Å². The van der Waals surface area contributed by atoms with Crippen molar-refractivity contribution in [1.82, 2.24) is 0 Å².